The summed E-state index contributed by atoms with van der Waals surface area (Å²) in [6.45, 7) is 0.524. The van der Waals surface area contributed by atoms with Crippen LogP contribution in [0.25, 0.3) is 28.1 Å². The highest BCUT2D eigenvalue weighted by atomic mass is 35.5. The summed E-state index contributed by atoms with van der Waals surface area (Å²) in [5, 5.41) is 10.1. The lowest BCUT2D eigenvalue weighted by atomic mass is 10.1. The summed E-state index contributed by atoms with van der Waals surface area (Å²) in [5.41, 5.74) is 2.79. The average molecular weight is 401 g/mol. The first kappa shape index (κ1) is 17.6. The van der Waals surface area contributed by atoms with E-state index in [4.69, 9.17) is 11.6 Å². The molecule has 0 radical (unpaired) electrons. The van der Waals surface area contributed by atoms with Gasteiger partial charge in [-0.3, -0.25) is 13.8 Å². The van der Waals surface area contributed by atoms with Gasteiger partial charge in [-0.2, -0.15) is 0 Å². The highest BCUT2D eigenvalue weighted by Crippen LogP contribution is 2.24. The fraction of sp³-hybridized carbons (Fsp3) is 0.0870. The molecule has 0 spiro atoms. The third-order valence-electron chi connectivity index (χ3n) is 5.08. The van der Waals surface area contributed by atoms with Crippen molar-refractivity contribution in [1.82, 2.24) is 19.2 Å². The molecule has 5 rings (SSSR count). The zero-order valence-corrected chi connectivity index (χ0v) is 16.3. The van der Waals surface area contributed by atoms with Gasteiger partial charge in [0.15, 0.2) is 5.82 Å². The predicted molar refractivity (Wildman–Crippen MR) is 115 cm³/mol. The second kappa shape index (κ2) is 7.18. The lowest BCUT2D eigenvalue weighted by Crippen LogP contribution is -2.24. The monoisotopic (exact) mass is 400 g/mol. The molecular formula is C23H17ClN4O. The van der Waals surface area contributed by atoms with Gasteiger partial charge < -0.3 is 0 Å². The molecule has 0 bridgehead atoms. The van der Waals surface area contributed by atoms with Crippen LogP contribution < -0.4 is 5.56 Å². The molecule has 2 heterocycles. The van der Waals surface area contributed by atoms with E-state index in [1.54, 1.807) is 4.57 Å². The van der Waals surface area contributed by atoms with Crippen molar-refractivity contribution in [2.24, 2.45) is 0 Å². The quantitative estimate of drug-likeness (QED) is 0.442. The number of rotatable bonds is 4. The smallest absolute Gasteiger partial charge is 0.262 e. The number of aryl methyl sites for hydroxylation is 2. The number of aromatic nitrogens is 4. The highest BCUT2D eigenvalue weighted by molar-refractivity contribution is 6.30. The number of fused-ring (bicyclic) bond motifs is 3. The molecule has 0 atom stereocenters. The minimum absolute atomic E-state index is 0.0564. The standard InChI is InChI=1S/C23H17ClN4O/c24-18-12-10-17(11-13-18)21-25-26-23-27(15-14-16-6-2-1-3-7-16)22(29)19-8-4-5-9-20(19)28(21)23/h1-13H,14-15H2. The third-order valence-corrected chi connectivity index (χ3v) is 5.33. The van der Waals surface area contributed by atoms with Crippen LogP contribution in [0.1, 0.15) is 5.56 Å². The zero-order chi connectivity index (χ0) is 19.8. The molecule has 3 aromatic carbocycles. The topological polar surface area (TPSA) is 52.2 Å². The van der Waals surface area contributed by atoms with E-state index in [1.165, 1.54) is 5.56 Å². The molecular weight excluding hydrogens is 384 g/mol. The maximum Gasteiger partial charge on any atom is 0.262 e. The molecule has 5 aromatic rings. The van der Waals surface area contributed by atoms with Crippen molar-refractivity contribution in [1.29, 1.82) is 0 Å². The molecule has 5 nitrogen and oxygen atoms in total. The van der Waals surface area contributed by atoms with Gasteiger partial charge in [0.1, 0.15) is 0 Å². The zero-order valence-electron chi connectivity index (χ0n) is 15.5. The highest BCUT2D eigenvalue weighted by Gasteiger charge is 2.17. The van der Waals surface area contributed by atoms with Crippen molar-refractivity contribution < 1.29 is 0 Å². The minimum atomic E-state index is -0.0564. The van der Waals surface area contributed by atoms with Crippen molar-refractivity contribution in [3.8, 4) is 11.4 Å². The minimum Gasteiger partial charge on any atom is -0.276 e. The summed E-state index contributed by atoms with van der Waals surface area (Å²) < 4.78 is 3.66. The van der Waals surface area contributed by atoms with Gasteiger partial charge >= 0.3 is 0 Å². The van der Waals surface area contributed by atoms with Gasteiger partial charge in [-0.1, -0.05) is 54.1 Å². The predicted octanol–water partition coefficient (Wildman–Crippen LogP) is 4.61. The second-order valence-electron chi connectivity index (χ2n) is 6.88. The van der Waals surface area contributed by atoms with Gasteiger partial charge in [-0.05, 0) is 48.4 Å². The van der Waals surface area contributed by atoms with E-state index in [1.807, 2.05) is 71.1 Å². The van der Waals surface area contributed by atoms with E-state index in [-0.39, 0.29) is 5.56 Å². The Kier molecular flexibility index (Phi) is 4.37. The molecule has 0 aliphatic rings. The van der Waals surface area contributed by atoms with E-state index < -0.39 is 0 Å². The van der Waals surface area contributed by atoms with Crippen LogP contribution in [0.3, 0.4) is 0 Å². The lowest BCUT2D eigenvalue weighted by Gasteiger charge is -2.11. The number of hydrogen-bond donors (Lipinski definition) is 0. The SMILES string of the molecule is O=c1c2ccccc2n2c(-c3ccc(Cl)cc3)nnc2n1CCc1ccccc1. The largest absolute Gasteiger partial charge is 0.276 e. The van der Waals surface area contributed by atoms with Gasteiger partial charge in [0, 0.05) is 17.1 Å². The summed E-state index contributed by atoms with van der Waals surface area (Å²) in [4.78, 5) is 13.2. The molecule has 0 N–H and O–H groups in total. The molecule has 0 aliphatic carbocycles. The number of nitrogens with zero attached hydrogens (tertiary/aromatic N) is 4. The van der Waals surface area contributed by atoms with Gasteiger partial charge in [-0.15, -0.1) is 10.2 Å². The maximum atomic E-state index is 13.2. The fourth-order valence-electron chi connectivity index (χ4n) is 3.63. The molecule has 0 unspecified atom stereocenters. The molecule has 0 amide bonds. The van der Waals surface area contributed by atoms with Crippen molar-refractivity contribution in [3.05, 3.63) is 99.8 Å². The van der Waals surface area contributed by atoms with Crippen LogP contribution in [-0.4, -0.2) is 19.2 Å². The first-order valence-corrected chi connectivity index (χ1v) is 9.77. The Morgan fingerprint density at radius 2 is 1.55 bits per heavy atom. The van der Waals surface area contributed by atoms with Crippen molar-refractivity contribution in [2.45, 2.75) is 13.0 Å². The van der Waals surface area contributed by atoms with Crippen LogP contribution in [0.5, 0.6) is 0 Å². The summed E-state index contributed by atoms with van der Waals surface area (Å²) in [7, 11) is 0. The normalized spacial score (nSPS) is 11.3. The number of halogens is 1. The summed E-state index contributed by atoms with van der Waals surface area (Å²) in [6.07, 6.45) is 0.734. The first-order valence-electron chi connectivity index (χ1n) is 9.39. The average Bonchev–Trinajstić information content (AvgIpc) is 3.20. The van der Waals surface area contributed by atoms with E-state index in [0.29, 0.717) is 28.6 Å². The second-order valence-corrected chi connectivity index (χ2v) is 7.31. The first-order chi connectivity index (χ1) is 14.2. The Labute approximate surface area is 171 Å². The van der Waals surface area contributed by atoms with E-state index >= 15 is 0 Å². The molecule has 0 fully saturated rings. The number of para-hydroxylation sites is 1. The molecule has 0 saturated heterocycles. The summed E-state index contributed by atoms with van der Waals surface area (Å²) in [6, 6.07) is 25.2. The van der Waals surface area contributed by atoms with E-state index in [0.717, 1.165) is 17.5 Å². The van der Waals surface area contributed by atoms with Gasteiger partial charge in [0.25, 0.3) is 5.56 Å². The van der Waals surface area contributed by atoms with Crippen LogP contribution in [0.15, 0.2) is 83.7 Å². The van der Waals surface area contributed by atoms with Crippen LogP contribution in [-0.2, 0) is 13.0 Å². The fourth-order valence-corrected chi connectivity index (χ4v) is 3.76. The van der Waals surface area contributed by atoms with Crippen molar-refractivity contribution in [2.75, 3.05) is 0 Å². The Hall–Kier alpha value is -3.44. The summed E-state index contributed by atoms with van der Waals surface area (Å²) in [5.74, 6) is 1.22. The van der Waals surface area contributed by atoms with Crippen LogP contribution in [0.4, 0.5) is 0 Å². The summed E-state index contributed by atoms with van der Waals surface area (Å²) >= 11 is 6.04. The van der Waals surface area contributed by atoms with Crippen LogP contribution in [0, 0.1) is 0 Å². The van der Waals surface area contributed by atoms with Gasteiger partial charge in [-0.25, -0.2) is 0 Å². The number of hydrogen-bond acceptors (Lipinski definition) is 3. The Morgan fingerprint density at radius 1 is 0.828 bits per heavy atom. The Morgan fingerprint density at radius 3 is 2.34 bits per heavy atom. The molecule has 0 aliphatic heterocycles. The van der Waals surface area contributed by atoms with E-state index in [9.17, 15) is 4.79 Å². The van der Waals surface area contributed by atoms with Crippen molar-refractivity contribution >= 4 is 28.3 Å². The molecule has 142 valence electrons. The van der Waals surface area contributed by atoms with Gasteiger partial charge in [0.2, 0.25) is 5.78 Å². The van der Waals surface area contributed by atoms with Crippen LogP contribution in [0.2, 0.25) is 5.02 Å². The Bertz CT molecular complexity index is 1370. The molecule has 0 saturated carbocycles. The third kappa shape index (κ3) is 3.09. The lowest BCUT2D eigenvalue weighted by molar-refractivity contribution is 0.678. The maximum absolute atomic E-state index is 13.2. The Balaban J connectivity index is 1.73. The number of benzene rings is 3. The molecule has 6 heteroatoms. The van der Waals surface area contributed by atoms with Gasteiger partial charge in [0.05, 0.1) is 10.9 Å². The van der Waals surface area contributed by atoms with Crippen LogP contribution >= 0.6 is 11.6 Å². The molecule has 29 heavy (non-hydrogen) atoms. The van der Waals surface area contributed by atoms with E-state index in [2.05, 4.69) is 22.3 Å². The van der Waals surface area contributed by atoms with Crippen molar-refractivity contribution in [3.63, 3.8) is 0 Å². The molecule has 2 aromatic heterocycles.